The Balaban J connectivity index is 1.26. The van der Waals surface area contributed by atoms with Gasteiger partial charge in [-0.05, 0) is 27.8 Å². The van der Waals surface area contributed by atoms with Crippen LogP contribution in [0.25, 0.3) is 0 Å². The molecule has 0 N–H and O–H groups in total. The standard InChI is InChI=1S/C41H40O6/c1-5-15-31(16-6-1)25-42-30-37-38(43-26-32-17-7-2-8-18-32)39(44-27-33-19-9-3-10-20-33)40(45-28-34-21-11-4-12-22-34)41(47-37)36-24-14-13-23-35(36)29-46-41/h1-24,37-40H,25-30H2. The van der Waals surface area contributed by atoms with Gasteiger partial charge in [0.25, 0.3) is 0 Å². The van der Waals surface area contributed by atoms with Crippen LogP contribution < -0.4 is 0 Å². The number of fused-ring (bicyclic) bond motifs is 2. The van der Waals surface area contributed by atoms with Crippen LogP contribution in [0.4, 0.5) is 0 Å². The Morgan fingerprint density at radius 3 is 1.55 bits per heavy atom. The van der Waals surface area contributed by atoms with E-state index in [0.717, 1.165) is 33.4 Å². The van der Waals surface area contributed by atoms with Crippen molar-refractivity contribution in [1.82, 2.24) is 0 Å². The number of ether oxygens (including phenoxy) is 6. The molecule has 1 fully saturated rings. The minimum Gasteiger partial charge on any atom is -0.374 e. The summed E-state index contributed by atoms with van der Waals surface area (Å²) in [6, 6.07) is 48.9. The first-order valence-corrected chi connectivity index (χ1v) is 16.3. The summed E-state index contributed by atoms with van der Waals surface area (Å²) in [5.74, 6) is -1.22. The highest BCUT2D eigenvalue weighted by molar-refractivity contribution is 5.36. The van der Waals surface area contributed by atoms with E-state index in [2.05, 4.69) is 60.7 Å². The average molecular weight is 629 g/mol. The zero-order chi connectivity index (χ0) is 31.7. The van der Waals surface area contributed by atoms with E-state index in [0.29, 0.717) is 33.0 Å². The van der Waals surface area contributed by atoms with Gasteiger partial charge in [0.1, 0.15) is 24.4 Å². The Kier molecular flexibility index (Phi) is 10.2. The molecule has 5 unspecified atom stereocenters. The Morgan fingerprint density at radius 1 is 0.511 bits per heavy atom. The zero-order valence-electron chi connectivity index (χ0n) is 26.4. The lowest BCUT2D eigenvalue weighted by molar-refractivity contribution is -0.387. The van der Waals surface area contributed by atoms with Crippen molar-refractivity contribution < 1.29 is 28.4 Å². The fourth-order valence-electron chi connectivity index (χ4n) is 6.42. The van der Waals surface area contributed by atoms with Crippen LogP contribution in [0.2, 0.25) is 0 Å². The van der Waals surface area contributed by atoms with E-state index >= 15 is 0 Å². The van der Waals surface area contributed by atoms with Crippen LogP contribution in [0.3, 0.4) is 0 Å². The molecule has 0 bridgehead atoms. The molecule has 2 aliphatic heterocycles. The smallest absolute Gasteiger partial charge is 0.225 e. The molecule has 240 valence electrons. The number of benzene rings is 5. The lowest BCUT2D eigenvalue weighted by atomic mass is 9.87. The van der Waals surface area contributed by atoms with Crippen molar-refractivity contribution in [2.75, 3.05) is 6.61 Å². The molecular weight excluding hydrogens is 588 g/mol. The van der Waals surface area contributed by atoms with Gasteiger partial charge in [-0.1, -0.05) is 146 Å². The van der Waals surface area contributed by atoms with Gasteiger partial charge in [-0.2, -0.15) is 0 Å². The van der Waals surface area contributed by atoms with Crippen molar-refractivity contribution >= 4 is 0 Å². The minimum atomic E-state index is -1.22. The van der Waals surface area contributed by atoms with Gasteiger partial charge < -0.3 is 28.4 Å². The summed E-state index contributed by atoms with van der Waals surface area (Å²) < 4.78 is 40.7. The summed E-state index contributed by atoms with van der Waals surface area (Å²) in [5.41, 5.74) is 6.26. The van der Waals surface area contributed by atoms with Crippen molar-refractivity contribution in [3.8, 4) is 0 Å². The molecule has 0 amide bonds. The maximum Gasteiger partial charge on any atom is 0.225 e. The second-order valence-electron chi connectivity index (χ2n) is 12.0. The van der Waals surface area contributed by atoms with Gasteiger partial charge in [0.15, 0.2) is 0 Å². The maximum absolute atomic E-state index is 7.11. The Labute approximate surface area is 276 Å². The number of hydrogen-bond acceptors (Lipinski definition) is 6. The second-order valence-corrected chi connectivity index (χ2v) is 12.0. The van der Waals surface area contributed by atoms with E-state index in [1.165, 1.54) is 0 Å². The number of rotatable bonds is 13. The van der Waals surface area contributed by atoms with Gasteiger partial charge >= 0.3 is 0 Å². The van der Waals surface area contributed by atoms with Gasteiger partial charge in [0, 0.05) is 5.56 Å². The van der Waals surface area contributed by atoms with Gasteiger partial charge in [-0.3, -0.25) is 0 Å². The Bertz CT molecular complexity index is 1670. The first-order valence-electron chi connectivity index (χ1n) is 16.3. The highest BCUT2D eigenvalue weighted by Gasteiger charge is 2.61. The highest BCUT2D eigenvalue weighted by Crippen LogP contribution is 2.49. The monoisotopic (exact) mass is 628 g/mol. The van der Waals surface area contributed by atoms with E-state index in [1.54, 1.807) is 0 Å². The minimum absolute atomic E-state index is 0.276. The summed E-state index contributed by atoms with van der Waals surface area (Å²) in [6.45, 7) is 2.23. The fourth-order valence-corrected chi connectivity index (χ4v) is 6.42. The van der Waals surface area contributed by atoms with E-state index in [4.69, 9.17) is 28.4 Å². The summed E-state index contributed by atoms with van der Waals surface area (Å²) in [5, 5.41) is 0. The van der Waals surface area contributed by atoms with E-state index < -0.39 is 30.2 Å². The van der Waals surface area contributed by atoms with Crippen LogP contribution in [0.1, 0.15) is 33.4 Å². The van der Waals surface area contributed by atoms with Crippen molar-refractivity contribution in [2.24, 2.45) is 0 Å². The molecule has 0 aromatic heterocycles. The molecule has 1 spiro atoms. The third kappa shape index (κ3) is 7.39. The predicted molar refractivity (Wildman–Crippen MR) is 179 cm³/mol. The molecular formula is C41H40O6. The quantitative estimate of drug-likeness (QED) is 0.133. The van der Waals surface area contributed by atoms with E-state index in [-0.39, 0.29) is 6.61 Å². The molecule has 47 heavy (non-hydrogen) atoms. The summed E-state index contributed by atoms with van der Waals surface area (Å²) >= 11 is 0. The summed E-state index contributed by atoms with van der Waals surface area (Å²) in [7, 11) is 0. The average Bonchev–Trinajstić information content (AvgIpc) is 3.50. The van der Waals surface area contributed by atoms with Crippen LogP contribution in [-0.2, 0) is 67.2 Å². The molecule has 7 rings (SSSR count). The predicted octanol–water partition coefficient (Wildman–Crippen LogP) is 7.74. The van der Waals surface area contributed by atoms with Gasteiger partial charge in [0.05, 0.1) is 39.6 Å². The molecule has 5 atom stereocenters. The van der Waals surface area contributed by atoms with Crippen molar-refractivity contribution in [2.45, 2.75) is 63.2 Å². The van der Waals surface area contributed by atoms with E-state index in [1.807, 2.05) is 84.9 Å². The largest absolute Gasteiger partial charge is 0.374 e. The topological polar surface area (TPSA) is 55.4 Å². The van der Waals surface area contributed by atoms with Gasteiger partial charge in [0.2, 0.25) is 5.79 Å². The van der Waals surface area contributed by atoms with Crippen molar-refractivity contribution in [1.29, 1.82) is 0 Å². The molecule has 5 aromatic carbocycles. The van der Waals surface area contributed by atoms with Crippen molar-refractivity contribution in [3.05, 3.63) is 179 Å². The second kappa shape index (κ2) is 15.2. The van der Waals surface area contributed by atoms with Gasteiger partial charge in [-0.25, -0.2) is 0 Å². The molecule has 6 heteroatoms. The van der Waals surface area contributed by atoms with Gasteiger partial charge in [-0.15, -0.1) is 0 Å². The molecule has 2 heterocycles. The van der Waals surface area contributed by atoms with Crippen LogP contribution >= 0.6 is 0 Å². The molecule has 0 radical (unpaired) electrons. The summed E-state index contributed by atoms with van der Waals surface area (Å²) in [4.78, 5) is 0. The molecule has 1 saturated heterocycles. The number of hydrogen-bond donors (Lipinski definition) is 0. The van der Waals surface area contributed by atoms with Crippen molar-refractivity contribution in [3.63, 3.8) is 0 Å². The molecule has 2 aliphatic rings. The van der Waals surface area contributed by atoms with Crippen LogP contribution in [-0.4, -0.2) is 31.0 Å². The van der Waals surface area contributed by atoms with Crippen LogP contribution in [0, 0.1) is 0 Å². The maximum atomic E-state index is 7.11. The lowest BCUT2D eigenvalue weighted by Gasteiger charge is -2.51. The third-order valence-corrected chi connectivity index (χ3v) is 8.76. The third-order valence-electron chi connectivity index (χ3n) is 8.76. The Hall–Kier alpha value is -4.14. The molecule has 5 aromatic rings. The summed E-state index contributed by atoms with van der Waals surface area (Å²) in [6.07, 6.45) is -2.27. The fraction of sp³-hybridized carbons (Fsp3) is 0.268. The van der Waals surface area contributed by atoms with Crippen LogP contribution in [0.15, 0.2) is 146 Å². The normalized spacial score (nSPS) is 23.5. The molecule has 0 aliphatic carbocycles. The first-order chi connectivity index (χ1) is 23.3. The zero-order valence-corrected chi connectivity index (χ0v) is 26.4. The first kappa shape index (κ1) is 31.5. The Morgan fingerprint density at radius 2 is 0.979 bits per heavy atom. The lowest BCUT2D eigenvalue weighted by Crippen LogP contribution is -2.65. The SMILES string of the molecule is c1ccc(COCC2OC3(OCc4ccccc43)C(OCc3ccccc3)C(OCc3ccccc3)C2OCc2ccccc2)cc1. The van der Waals surface area contributed by atoms with Crippen LogP contribution in [0.5, 0.6) is 0 Å². The molecule has 0 saturated carbocycles. The highest BCUT2D eigenvalue weighted by atomic mass is 16.7. The van der Waals surface area contributed by atoms with E-state index in [9.17, 15) is 0 Å². The molecule has 6 nitrogen and oxygen atoms in total.